The number of hydrogen-bond donors (Lipinski definition) is 2. The number of aliphatic hydroxyl groups is 1. The van der Waals surface area contributed by atoms with E-state index in [4.69, 9.17) is 9.84 Å². The zero-order chi connectivity index (χ0) is 7.23. The minimum Gasteiger partial charge on any atom is -0.395 e. The van der Waals surface area contributed by atoms with Crippen LogP contribution < -0.4 is 5.32 Å². The van der Waals surface area contributed by atoms with Gasteiger partial charge >= 0.3 is 0 Å². The molecule has 1 fully saturated rings. The van der Waals surface area contributed by atoms with E-state index in [1.54, 1.807) is 0 Å². The minimum atomic E-state index is 0.215. The van der Waals surface area contributed by atoms with Crippen LogP contribution in [0.3, 0.4) is 0 Å². The van der Waals surface area contributed by atoms with E-state index in [0.29, 0.717) is 12.6 Å². The van der Waals surface area contributed by atoms with Crippen LogP contribution in [0.25, 0.3) is 0 Å². The molecule has 1 saturated heterocycles. The van der Waals surface area contributed by atoms with Crippen LogP contribution in [0.4, 0.5) is 0 Å². The van der Waals surface area contributed by atoms with E-state index in [0.717, 1.165) is 13.2 Å². The van der Waals surface area contributed by atoms with Gasteiger partial charge in [-0.25, -0.2) is 0 Å². The van der Waals surface area contributed by atoms with Crippen molar-refractivity contribution in [1.29, 1.82) is 0 Å². The van der Waals surface area contributed by atoms with Gasteiger partial charge in [0.25, 0.3) is 0 Å². The first kappa shape index (κ1) is 7.98. The van der Waals surface area contributed by atoms with Gasteiger partial charge in [0.1, 0.15) is 0 Å². The molecule has 3 heteroatoms. The predicted molar refractivity (Wildman–Crippen MR) is 38.9 cm³/mol. The third-order valence-corrected chi connectivity index (χ3v) is 1.68. The molecular formula is C7H15NO2. The molecule has 10 heavy (non-hydrogen) atoms. The molecule has 1 aliphatic heterocycles. The SMILES string of the molecule is OCCNC[C@@H]1CCCO1. The molecule has 0 amide bonds. The molecule has 2 N–H and O–H groups in total. The van der Waals surface area contributed by atoms with E-state index >= 15 is 0 Å². The Morgan fingerprint density at radius 3 is 3.10 bits per heavy atom. The van der Waals surface area contributed by atoms with Crippen LogP contribution in [0, 0.1) is 0 Å². The summed E-state index contributed by atoms with van der Waals surface area (Å²) in [5.41, 5.74) is 0. The summed E-state index contributed by atoms with van der Waals surface area (Å²) in [6.45, 7) is 2.69. The molecule has 0 saturated carbocycles. The summed E-state index contributed by atoms with van der Waals surface area (Å²) in [4.78, 5) is 0. The van der Waals surface area contributed by atoms with Crippen LogP contribution in [0.1, 0.15) is 12.8 Å². The number of rotatable bonds is 4. The highest BCUT2D eigenvalue weighted by Crippen LogP contribution is 2.10. The van der Waals surface area contributed by atoms with Crippen molar-refractivity contribution in [3.63, 3.8) is 0 Å². The fraction of sp³-hybridized carbons (Fsp3) is 1.00. The lowest BCUT2D eigenvalue weighted by atomic mass is 10.2. The van der Waals surface area contributed by atoms with Crippen LogP contribution in [0.15, 0.2) is 0 Å². The van der Waals surface area contributed by atoms with Crippen molar-refractivity contribution in [3.05, 3.63) is 0 Å². The van der Waals surface area contributed by atoms with Crippen LogP contribution in [0.5, 0.6) is 0 Å². The minimum absolute atomic E-state index is 0.215. The number of ether oxygens (including phenoxy) is 1. The van der Waals surface area contributed by atoms with Crippen molar-refractivity contribution >= 4 is 0 Å². The van der Waals surface area contributed by atoms with Gasteiger partial charge in [0, 0.05) is 19.7 Å². The first-order valence-electron chi connectivity index (χ1n) is 3.86. The predicted octanol–water partition coefficient (Wildman–Crippen LogP) is -0.253. The molecule has 1 rings (SSSR count). The lowest BCUT2D eigenvalue weighted by Gasteiger charge is -2.08. The molecule has 3 nitrogen and oxygen atoms in total. The molecule has 1 aliphatic rings. The Labute approximate surface area is 61.4 Å². The Morgan fingerprint density at radius 2 is 2.50 bits per heavy atom. The van der Waals surface area contributed by atoms with Crippen molar-refractivity contribution in [3.8, 4) is 0 Å². The van der Waals surface area contributed by atoms with Gasteiger partial charge in [-0.05, 0) is 12.8 Å². The second kappa shape index (κ2) is 4.66. The topological polar surface area (TPSA) is 41.5 Å². The summed E-state index contributed by atoms with van der Waals surface area (Å²) in [6, 6.07) is 0. The van der Waals surface area contributed by atoms with Gasteiger partial charge in [0.15, 0.2) is 0 Å². The van der Waals surface area contributed by atoms with Crippen molar-refractivity contribution in [2.24, 2.45) is 0 Å². The Morgan fingerprint density at radius 1 is 1.60 bits per heavy atom. The first-order chi connectivity index (χ1) is 4.93. The van der Waals surface area contributed by atoms with Gasteiger partial charge in [-0.1, -0.05) is 0 Å². The molecule has 0 unspecified atom stereocenters. The molecule has 1 heterocycles. The van der Waals surface area contributed by atoms with Gasteiger partial charge in [0.05, 0.1) is 12.7 Å². The van der Waals surface area contributed by atoms with E-state index in [2.05, 4.69) is 5.32 Å². The maximum Gasteiger partial charge on any atom is 0.0700 e. The first-order valence-corrected chi connectivity index (χ1v) is 3.86. The van der Waals surface area contributed by atoms with Crippen LogP contribution in [0.2, 0.25) is 0 Å². The van der Waals surface area contributed by atoms with E-state index in [1.165, 1.54) is 12.8 Å². The zero-order valence-corrected chi connectivity index (χ0v) is 6.18. The van der Waals surface area contributed by atoms with Crippen molar-refractivity contribution in [2.45, 2.75) is 18.9 Å². The monoisotopic (exact) mass is 145 g/mol. The largest absolute Gasteiger partial charge is 0.395 e. The molecule has 0 aromatic heterocycles. The maximum atomic E-state index is 8.44. The highest BCUT2D eigenvalue weighted by molar-refractivity contribution is 4.66. The molecule has 0 bridgehead atoms. The Balaban J connectivity index is 1.91. The van der Waals surface area contributed by atoms with Gasteiger partial charge in [-0.3, -0.25) is 0 Å². The second-order valence-electron chi connectivity index (χ2n) is 2.56. The van der Waals surface area contributed by atoms with E-state index < -0.39 is 0 Å². The molecule has 0 aromatic carbocycles. The smallest absolute Gasteiger partial charge is 0.0700 e. The van der Waals surface area contributed by atoms with Crippen molar-refractivity contribution in [1.82, 2.24) is 5.32 Å². The fourth-order valence-electron chi connectivity index (χ4n) is 1.15. The highest BCUT2D eigenvalue weighted by Gasteiger charge is 2.13. The molecule has 0 aliphatic carbocycles. The normalized spacial score (nSPS) is 25.5. The lowest BCUT2D eigenvalue weighted by molar-refractivity contribution is 0.109. The van der Waals surface area contributed by atoms with Gasteiger partial charge in [0.2, 0.25) is 0 Å². The molecular weight excluding hydrogens is 130 g/mol. The summed E-state index contributed by atoms with van der Waals surface area (Å²) < 4.78 is 5.36. The van der Waals surface area contributed by atoms with Gasteiger partial charge in [-0.2, -0.15) is 0 Å². The van der Waals surface area contributed by atoms with Crippen LogP contribution >= 0.6 is 0 Å². The van der Waals surface area contributed by atoms with Gasteiger partial charge in [-0.15, -0.1) is 0 Å². The molecule has 0 spiro atoms. The Bertz CT molecular complexity index is 81.7. The third-order valence-electron chi connectivity index (χ3n) is 1.68. The number of hydrogen-bond acceptors (Lipinski definition) is 3. The van der Waals surface area contributed by atoms with Crippen molar-refractivity contribution < 1.29 is 9.84 Å². The van der Waals surface area contributed by atoms with E-state index in [9.17, 15) is 0 Å². The molecule has 0 aromatic rings. The zero-order valence-electron chi connectivity index (χ0n) is 6.18. The summed E-state index contributed by atoms with van der Waals surface area (Å²) in [7, 11) is 0. The Hall–Kier alpha value is -0.120. The Kier molecular flexibility index (Phi) is 3.72. The fourth-order valence-corrected chi connectivity index (χ4v) is 1.15. The quantitative estimate of drug-likeness (QED) is 0.536. The number of aliphatic hydroxyl groups excluding tert-OH is 1. The summed E-state index contributed by atoms with van der Waals surface area (Å²) >= 11 is 0. The summed E-state index contributed by atoms with van der Waals surface area (Å²) in [5, 5.41) is 11.5. The lowest BCUT2D eigenvalue weighted by Crippen LogP contribution is -2.28. The van der Waals surface area contributed by atoms with E-state index in [1.807, 2.05) is 0 Å². The second-order valence-corrected chi connectivity index (χ2v) is 2.56. The van der Waals surface area contributed by atoms with E-state index in [-0.39, 0.29) is 6.61 Å². The average molecular weight is 145 g/mol. The molecule has 1 atom stereocenters. The van der Waals surface area contributed by atoms with Gasteiger partial charge < -0.3 is 15.2 Å². The molecule has 0 radical (unpaired) electrons. The maximum absolute atomic E-state index is 8.44. The average Bonchev–Trinajstić information content (AvgIpc) is 2.41. The van der Waals surface area contributed by atoms with Crippen molar-refractivity contribution in [2.75, 3.05) is 26.3 Å². The summed E-state index contributed by atoms with van der Waals surface area (Å²) in [6.07, 6.45) is 2.75. The van der Waals surface area contributed by atoms with Crippen LogP contribution in [-0.2, 0) is 4.74 Å². The standard InChI is InChI=1S/C7H15NO2/c9-4-3-8-6-7-2-1-5-10-7/h7-9H,1-6H2/t7-/m0/s1. The van der Waals surface area contributed by atoms with Crippen LogP contribution in [-0.4, -0.2) is 37.5 Å². The number of nitrogens with one attached hydrogen (secondary N) is 1. The summed E-state index contributed by atoms with van der Waals surface area (Å²) in [5.74, 6) is 0. The third kappa shape index (κ3) is 2.64. The molecule has 60 valence electrons. The highest BCUT2D eigenvalue weighted by atomic mass is 16.5.